The number of rotatable bonds is 6. The fraction of sp³-hybridized carbons (Fsp3) is 0.647. The van der Waals surface area contributed by atoms with Crippen LogP contribution in [0.5, 0.6) is 5.75 Å². The fourth-order valence-electron chi connectivity index (χ4n) is 2.49. The lowest BCUT2D eigenvalue weighted by Crippen LogP contribution is -2.35. The highest BCUT2D eigenvalue weighted by molar-refractivity contribution is 6.31. The van der Waals surface area contributed by atoms with Crippen molar-refractivity contribution >= 4 is 11.6 Å². The minimum atomic E-state index is 0.0615. The summed E-state index contributed by atoms with van der Waals surface area (Å²) in [6.45, 7) is 11.3. The van der Waals surface area contributed by atoms with Crippen LogP contribution in [0.25, 0.3) is 0 Å². The van der Waals surface area contributed by atoms with Crippen LogP contribution >= 0.6 is 11.6 Å². The summed E-state index contributed by atoms with van der Waals surface area (Å²) >= 11 is 6.33. The Morgan fingerprint density at radius 3 is 2.62 bits per heavy atom. The summed E-state index contributed by atoms with van der Waals surface area (Å²) in [6.07, 6.45) is 2.63. The molecule has 1 fully saturated rings. The zero-order valence-electron chi connectivity index (χ0n) is 13.4. The van der Waals surface area contributed by atoms with Crippen LogP contribution in [0.3, 0.4) is 0 Å². The van der Waals surface area contributed by atoms with Crippen molar-refractivity contribution in [3.8, 4) is 5.75 Å². The highest BCUT2D eigenvalue weighted by Gasteiger charge is 2.15. The lowest BCUT2D eigenvalue weighted by molar-refractivity contribution is 0.235. The van der Waals surface area contributed by atoms with E-state index in [2.05, 4.69) is 31.0 Å². The minimum absolute atomic E-state index is 0.0615. The van der Waals surface area contributed by atoms with E-state index in [-0.39, 0.29) is 5.54 Å². The number of ether oxygens (including phenoxy) is 1. The number of halogens is 1. The second kappa shape index (κ2) is 7.48. The first-order valence-electron chi connectivity index (χ1n) is 7.83. The number of hydrogen-bond acceptors (Lipinski definition) is 3. The molecular formula is C17H27ClN2O. The summed E-state index contributed by atoms with van der Waals surface area (Å²) in [5, 5.41) is 4.24. The topological polar surface area (TPSA) is 24.5 Å². The van der Waals surface area contributed by atoms with E-state index in [1.54, 1.807) is 0 Å². The Morgan fingerprint density at radius 1 is 1.24 bits per heavy atom. The Balaban J connectivity index is 1.92. The van der Waals surface area contributed by atoms with Gasteiger partial charge in [0.15, 0.2) is 0 Å². The van der Waals surface area contributed by atoms with Gasteiger partial charge in [-0.15, -0.1) is 0 Å². The van der Waals surface area contributed by atoms with E-state index >= 15 is 0 Å². The van der Waals surface area contributed by atoms with Gasteiger partial charge in [0.1, 0.15) is 12.4 Å². The molecule has 21 heavy (non-hydrogen) atoms. The standard InChI is InChI=1S/C17H27ClN2O/c1-17(2,3)19-13-14-15(18)7-6-8-16(14)21-12-11-20-9-4-5-10-20/h6-8,19H,4-5,9-13H2,1-3H3. The number of nitrogens with zero attached hydrogens (tertiary/aromatic N) is 1. The summed E-state index contributed by atoms with van der Waals surface area (Å²) in [5.41, 5.74) is 1.11. The van der Waals surface area contributed by atoms with Crippen LogP contribution in [0.15, 0.2) is 18.2 Å². The van der Waals surface area contributed by atoms with Gasteiger partial charge in [0.05, 0.1) is 0 Å². The summed E-state index contributed by atoms with van der Waals surface area (Å²) in [5.74, 6) is 0.901. The van der Waals surface area contributed by atoms with E-state index in [0.29, 0.717) is 0 Å². The molecule has 0 aliphatic carbocycles. The average Bonchev–Trinajstić information content (AvgIpc) is 2.90. The van der Waals surface area contributed by atoms with E-state index in [9.17, 15) is 0 Å². The maximum absolute atomic E-state index is 6.33. The quantitative estimate of drug-likeness (QED) is 0.867. The number of benzene rings is 1. The van der Waals surface area contributed by atoms with Crippen LogP contribution in [-0.2, 0) is 6.54 Å². The van der Waals surface area contributed by atoms with Crippen LogP contribution in [-0.4, -0.2) is 36.7 Å². The molecule has 1 aliphatic heterocycles. The Kier molecular flexibility index (Phi) is 5.91. The van der Waals surface area contributed by atoms with E-state index in [1.807, 2.05) is 18.2 Å². The first kappa shape index (κ1) is 16.6. The first-order chi connectivity index (χ1) is 9.96. The Hall–Kier alpha value is -0.770. The van der Waals surface area contributed by atoms with Crippen molar-refractivity contribution in [2.75, 3.05) is 26.2 Å². The summed E-state index contributed by atoms with van der Waals surface area (Å²) in [6, 6.07) is 5.89. The lowest BCUT2D eigenvalue weighted by atomic mass is 10.1. The normalized spacial score (nSPS) is 16.4. The van der Waals surface area contributed by atoms with Gasteiger partial charge in [-0.3, -0.25) is 4.90 Å². The fourth-order valence-corrected chi connectivity index (χ4v) is 2.72. The van der Waals surface area contributed by atoms with Crippen LogP contribution in [0, 0.1) is 0 Å². The Bertz CT molecular complexity index is 451. The van der Waals surface area contributed by atoms with Crippen molar-refractivity contribution in [3.05, 3.63) is 28.8 Å². The maximum Gasteiger partial charge on any atom is 0.125 e. The van der Waals surface area contributed by atoms with Crippen LogP contribution in [0.4, 0.5) is 0 Å². The van der Waals surface area contributed by atoms with Gasteiger partial charge < -0.3 is 10.1 Å². The molecule has 1 aromatic rings. The molecule has 0 atom stereocenters. The number of hydrogen-bond donors (Lipinski definition) is 1. The van der Waals surface area contributed by atoms with E-state index < -0.39 is 0 Å². The van der Waals surface area contributed by atoms with Gasteiger partial charge in [-0.05, 0) is 58.8 Å². The van der Waals surface area contributed by atoms with Crippen molar-refractivity contribution in [2.24, 2.45) is 0 Å². The molecule has 2 rings (SSSR count). The average molecular weight is 311 g/mol. The molecule has 0 spiro atoms. The monoisotopic (exact) mass is 310 g/mol. The summed E-state index contributed by atoms with van der Waals surface area (Å²) in [7, 11) is 0. The molecule has 0 unspecified atom stereocenters. The Labute approximate surface area is 133 Å². The second-order valence-corrected chi connectivity index (χ2v) is 7.12. The van der Waals surface area contributed by atoms with E-state index in [4.69, 9.17) is 16.3 Å². The third kappa shape index (κ3) is 5.50. The van der Waals surface area contributed by atoms with Crippen molar-refractivity contribution in [2.45, 2.75) is 45.7 Å². The molecule has 0 radical (unpaired) electrons. The smallest absolute Gasteiger partial charge is 0.125 e. The summed E-state index contributed by atoms with van der Waals surface area (Å²) in [4.78, 5) is 2.46. The third-order valence-corrected chi connectivity index (χ3v) is 4.09. The number of nitrogens with one attached hydrogen (secondary N) is 1. The van der Waals surface area contributed by atoms with Crippen LogP contribution in [0.2, 0.25) is 5.02 Å². The SMILES string of the molecule is CC(C)(C)NCc1c(Cl)cccc1OCCN1CCCC1. The lowest BCUT2D eigenvalue weighted by Gasteiger charge is -2.22. The molecule has 0 bridgehead atoms. The molecular weight excluding hydrogens is 284 g/mol. The third-order valence-electron chi connectivity index (χ3n) is 3.74. The van der Waals surface area contributed by atoms with Gasteiger partial charge >= 0.3 is 0 Å². The molecule has 0 aromatic heterocycles. The Morgan fingerprint density at radius 2 is 1.95 bits per heavy atom. The van der Waals surface area contributed by atoms with Gasteiger partial charge in [-0.2, -0.15) is 0 Å². The first-order valence-corrected chi connectivity index (χ1v) is 8.21. The van der Waals surface area contributed by atoms with Gasteiger partial charge in [-0.25, -0.2) is 0 Å². The van der Waals surface area contributed by atoms with Gasteiger partial charge in [0.25, 0.3) is 0 Å². The second-order valence-electron chi connectivity index (χ2n) is 6.72. The van der Waals surface area contributed by atoms with Crippen LogP contribution < -0.4 is 10.1 Å². The largest absolute Gasteiger partial charge is 0.492 e. The molecule has 1 aliphatic rings. The zero-order chi connectivity index (χ0) is 15.3. The highest BCUT2D eigenvalue weighted by atomic mass is 35.5. The molecule has 4 heteroatoms. The van der Waals surface area contributed by atoms with Crippen molar-refractivity contribution in [1.82, 2.24) is 10.2 Å². The molecule has 0 amide bonds. The predicted octanol–water partition coefficient (Wildman–Crippen LogP) is 3.70. The molecule has 1 aromatic carbocycles. The predicted molar refractivity (Wildman–Crippen MR) is 89.2 cm³/mol. The molecule has 1 saturated heterocycles. The van der Waals surface area contributed by atoms with Crippen molar-refractivity contribution in [1.29, 1.82) is 0 Å². The van der Waals surface area contributed by atoms with Crippen molar-refractivity contribution in [3.63, 3.8) is 0 Å². The van der Waals surface area contributed by atoms with Gasteiger partial charge in [-0.1, -0.05) is 17.7 Å². The molecule has 1 N–H and O–H groups in total. The molecule has 1 heterocycles. The minimum Gasteiger partial charge on any atom is -0.492 e. The van der Waals surface area contributed by atoms with Crippen molar-refractivity contribution < 1.29 is 4.74 Å². The van der Waals surface area contributed by atoms with E-state index in [1.165, 1.54) is 25.9 Å². The molecule has 3 nitrogen and oxygen atoms in total. The number of likely N-dealkylation sites (tertiary alicyclic amines) is 1. The van der Waals surface area contributed by atoms with Gasteiger partial charge in [0.2, 0.25) is 0 Å². The molecule has 118 valence electrons. The van der Waals surface area contributed by atoms with Crippen LogP contribution in [0.1, 0.15) is 39.2 Å². The molecule has 0 saturated carbocycles. The summed E-state index contributed by atoms with van der Waals surface area (Å²) < 4.78 is 5.98. The zero-order valence-corrected chi connectivity index (χ0v) is 14.2. The van der Waals surface area contributed by atoms with Gasteiger partial charge in [0, 0.05) is 29.2 Å². The maximum atomic E-state index is 6.33. The van der Waals surface area contributed by atoms with E-state index in [0.717, 1.165) is 36.0 Å². The highest BCUT2D eigenvalue weighted by Crippen LogP contribution is 2.27.